The molecule has 16 heavy (non-hydrogen) atoms. The van der Waals surface area contributed by atoms with E-state index in [0.717, 1.165) is 0 Å². The summed E-state index contributed by atoms with van der Waals surface area (Å²) < 4.78 is 4.70. The minimum Gasteiger partial charge on any atom is -0.466 e. The highest BCUT2D eigenvalue weighted by molar-refractivity contribution is 5.88. The summed E-state index contributed by atoms with van der Waals surface area (Å²) in [6, 6.07) is 0. The lowest BCUT2D eigenvalue weighted by atomic mass is 10.0. The van der Waals surface area contributed by atoms with Crippen LogP contribution in [-0.4, -0.2) is 24.1 Å². The molecule has 0 spiro atoms. The van der Waals surface area contributed by atoms with Gasteiger partial charge in [-0.25, -0.2) is 0 Å². The van der Waals surface area contributed by atoms with E-state index in [1.807, 2.05) is 13.8 Å². The van der Waals surface area contributed by atoms with Crippen molar-refractivity contribution in [1.82, 2.24) is 0 Å². The molecule has 0 aliphatic heterocycles. The van der Waals surface area contributed by atoms with E-state index in [1.54, 1.807) is 6.92 Å². The normalized spacial score (nSPS) is 10.2. The maximum atomic E-state index is 11.3. The summed E-state index contributed by atoms with van der Waals surface area (Å²) in [7, 11) is 0. The molecule has 0 aliphatic rings. The number of ketones is 2. The Morgan fingerprint density at radius 2 is 1.56 bits per heavy atom. The van der Waals surface area contributed by atoms with Crippen molar-refractivity contribution in [2.45, 2.75) is 46.5 Å². The summed E-state index contributed by atoms with van der Waals surface area (Å²) in [5, 5.41) is 0. The Labute approximate surface area is 96.4 Å². The Bertz CT molecular complexity index is 256. The van der Waals surface area contributed by atoms with E-state index < -0.39 is 0 Å². The van der Waals surface area contributed by atoms with Gasteiger partial charge in [0.1, 0.15) is 11.6 Å². The molecule has 0 aromatic rings. The third-order valence-electron chi connectivity index (χ3n) is 2.21. The van der Waals surface area contributed by atoms with Crippen molar-refractivity contribution in [1.29, 1.82) is 0 Å². The highest BCUT2D eigenvalue weighted by Gasteiger charge is 2.11. The maximum absolute atomic E-state index is 11.3. The summed E-state index contributed by atoms with van der Waals surface area (Å²) >= 11 is 0. The summed E-state index contributed by atoms with van der Waals surface area (Å²) in [4.78, 5) is 33.5. The number of hydrogen-bond acceptors (Lipinski definition) is 4. The van der Waals surface area contributed by atoms with Gasteiger partial charge in [0.2, 0.25) is 0 Å². The molecule has 0 fully saturated rings. The average molecular weight is 228 g/mol. The summed E-state index contributed by atoms with van der Waals surface area (Å²) in [5.41, 5.74) is 0. The minimum atomic E-state index is -0.356. The first-order valence-corrected chi connectivity index (χ1v) is 5.67. The first-order chi connectivity index (χ1) is 7.47. The molecule has 4 heteroatoms. The lowest BCUT2D eigenvalue weighted by molar-refractivity contribution is -0.144. The number of carbonyl (C=O) groups is 3. The predicted molar refractivity (Wildman–Crippen MR) is 60.0 cm³/mol. The molecule has 0 heterocycles. The number of carbonyl (C=O) groups excluding carboxylic acids is 3. The maximum Gasteiger partial charge on any atom is 0.306 e. The standard InChI is InChI=1S/C12H20O4/c1-4-16-12(15)8-6-10(13)5-7-11(14)9(2)3/h9H,4-8H2,1-3H3. The average Bonchev–Trinajstić information content (AvgIpc) is 2.23. The Balaban J connectivity index is 3.67. The van der Waals surface area contributed by atoms with Crippen LogP contribution in [0.1, 0.15) is 46.5 Å². The van der Waals surface area contributed by atoms with Gasteiger partial charge in [0.05, 0.1) is 13.0 Å². The van der Waals surface area contributed by atoms with Crippen LogP contribution in [0.15, 0.2) is 0 Å². The molecule has 0 N–H and O–H groups in total. The van der Waals surface area contributed by atoms with E-state index in [0.29, 0.717) is 6.61 Å². The predicted octanol–water partition coefficient (Wildman–Crippen LogP) is 1.90. The van der Waals surface area contributed by atoms with Crippen LogP contribution in [0.4, 0.5) is 0 Å². The topological polar surface area (TPSA) is 60.4 Å². The lowest BCUT2D eigenvalue weighted by Gasteiger charge is -2.03. The monoisotopic (exact) mass is 228 g/mol. The molecule has 4 nitrogen and oxygen atoms in total. The van der Waals surface area contributed by atoms with Crippen LogP contribution in [0.2, 0.25) is 0 Å². The van der Waals surface area contributed by atoms with Gasteiger partial charge in [-0.2, -0.15) is 0 Å². The molecule has 0 saturated carbocycles. The lowest BCUT2D eigenvalue weighted by Crippen LogP contribution is -2.11. The minimum absolute atomic E-state index is 0.0298. The van der Waals surface area contributed by atoms with Crippen molar-refractivity contribution in [3.8, 4) is 0 Å². The fourth-order valence-electron chi connectivity index (χ4n) is 1.15. The number of Topliss-reactive ketones (excluding diaryl/α,β-unsaturated/α-hetero) is 2. The highest BCUT2D eigenvalue weighted by Crippen LogP contribution is 2.05. The molecule has 0 saturated heterocycles. The molecule has 0 aliphatic carbocycles. The fourth-order valence-corrected chi connectivity index (χ4v) is 1.15. The van der Waals surface area contributed by atoms with Gasteiger partial charge in [0.15, 0.2) is 0 Å². The highest BCUT2D eigenvalue weighted by atomic mass is 16.5. The zero-order valence-electron chi connectivity index (χ0n) is 10.2. The SMILES string of the molecule is CCOC(=O)CCC(=O)CCC(=O)C(C)C. The van der Waals surface area contributed by atoms with Crippen molar-refractivity contribution in [2.24, 2.45) is 5.92 Å². The first-order valence-electron chi connectivity index (χ1n) is 5.67. The number of rotatable bonds is 8. The van der Waals surface area contributed by atoms with Crippen molar-refractivity contribution in [2.75, 3.05) is 6.61 Å². The van der Waals surface area contributed by atoms with Crippen LogP contribution in [0.5, 0.6) is 0 Å². The van der Waals surface area contributed by atoms with Crippen molar-refractivity contribution >= 4 is 17.5 Å². The molecule has 0 atom stereocenters. The van der Waals surface area contributed by atoms with Gasteiger partial charge in [-0.15, -0.1) is 0 Å². The summed E-state index contributed by atoms with van der Waals surface area (Å²) in [6.45, 7) is 5.68. The van der Waals surface area contributed by atoms with E-state index in [2.05, 4.69) is 0 Å². The second-order valence-corrected chi connectivity index (χ2v) is 3.96. The zero-order valence-corrected chi connectivity index (χ0v) is 10.2. The van der Waals surface area contributed by atoms with Crippen LogP contribution in [0.3, 0.4) is 0 Å². The molecule has 0 amide bonds. The van der Waals surface area contributed by atoms with Crippen LogP contribution in [0, 0.1) is 5.92 Å². The van der Waals surface area contributed by atoms with Gasteiger partial charge in [-0.05, 0) is 6.92 Å². The van der Waals surface area contributed by atoms with Gasteiger partial charge in [-0.3, -0.25) is 14.4 Å². The van der Waals surface area contributed by atoms with E-state index in [1.165, 1.54) is 0 Å². The van der Waals surface area contributed by atoms with Gasteiger partial charge in [-0.1, -0.05) is 13.8 Å². The van der Waals surface area contributed by atoms with Gasteiger partial charge >= 0.3 is 5.97 Å². The second-order valence-electron chi connectivity index (χ2n) is 3.96. The smallest absolute Gasteiger partial charge is 0.306 e. The van der Waals surface area contributed by atoms with E-state index >= 15 is 0 Å². The number of hydrogen-bond donors (Lipinski definition) is 0. The number of esters is 1. The fraction of sp³-hybridized carbons (Fsp3) is 0.750. The molecule has 92 valence electrons. The Morgan fingerprint density at radius 3 is 2.06 bits per heavy atom. The molecule has 0 radical (unpaired) electrons. The molecule has 0 unspecified atom stereocenters. The van der Waals surface area contributed by atoms with E-state index in [9.17, 15) is 14.4 Å². The molecule has 0 aromatic heterocycles. The third kappa shape index (κ3) is 7.15. The van der Waals surface area contributed by atoms with E-state index in [4.69, 9.17) is 4.74 Å². The summed E-state index contributed by atoms with van der Waals surface area (Å²) in [6.07, 6.45) is 0.794. The first kappa shape index (κ1) is 14.8. The van der Waals surface area contributed by atoms with E-state index in [-0.39, 0.29) is 49.1 Å². The summed E-state index contributed by atoms with van der Waals surface area (Å²) in [5.74, 6) is -0.351. The van der Waals surface area contributed by atoms with Crippen molar-refractivity contribution < 1.29 is 19.1 Å². The molecule has 0 bridgehead atoms. The van der Waals surface area contributed by atoms with Crippen molar-refractivity contribution in [3.05, 3.63) is 0 Å². The molecular weight excluding hydrogens is 208 g/mol. The second kappa shape index (κ2) is 8.02. The van der Waals surface area contributed by atoms with Gasteiger partial charge in [0.25, 0.3) is 0 Å². The van der Waals surface area contributed by atoms with Crippen LogP contribution in [0.25, 0.3) is 0 Å². The largest absolute Gasteiger partial charge is 0.466 e. The van der Waals surface area contributed by atoms with Crippen molar-refractivity contribution in [3.63, 3.8) is 0 Å². The van der Waals surface area contributed by atoms with Crippen LogP contribution >= 0.6 is 0 Å². The molecular formula is C12H20O4. The quantitative estimate of drug-likeness (QED) is 0.595. The Morgan fingerprint density at radius 1 is 1.00 bits per heavy atom. The third-order valence-corrected chi connectivity index (χ3v) is 2.21. The number of ether oxygens (including phenoxy) is 1. The van der Waals surface area contributed by atoms with Gasteiger partial charge < -0.3 is 4.74 Å². The Kier molecular flexibility index (Phi) is 7.42. The van der Waals surface area contributed by atoms with Crippen LogP contribution in [-0.2, 0) is 19.1 Å². The Hall–Kier alpha value is -1.19. The zero-order chi connectivity index (χ0) is 12.6. The van der Waals surface area contributed by atoms with Crippen LogP contribution < -0.4 is 0 Å². The molecule has 0 aromatic carbocycles. The van der Waals surface area contributed by atoms with Gasteiger partial charge in [0, 0.05) is 25.2 Å². The molecule has 0 rings (SSSR count).